The highest BCUT2D eigenvalue weighted by Gasteiger charge is 2.14. The first-order chi connectivity index (χ1) is 14.3. The molecule has 6 nitrogen and oxygen atoms in total. The summed E-state index contributed by atoms with van der Waals surface area (Å²) in [5, 5.41) is 8.57. The molecule has 0 aliphatic rings. The predicted molar refractivity (Wildman–Crippen MR) is 114 cm³/mol. The van der Waals surface area contributed by atoms with E-state index in [4.69, 9.17) is 26.2 Å². The van der Waals surface area contributed by atoms with Crippen LogP contribution in [0.2, 0.25) is 5.02 Å². The molecule has 0 fully saturated rings. The molecular formula is C21H20ClFN2O4S. The van der Waals surface area contributed by atoms with Crippen molar-refractivity contribution in [1.29, 1.82) is 0 Å². The Balaban J connectivity index is 1.78. The van der Waals surface area contributed by atoms with Crippen molar-refractivity contribution in [2.75, 3.05) is 12.4 Å². The number of nitrogens with two attached hydrogens (primary N) is 1. The Morgan fingerprint density at radius 3 is 2.40 bits per heavy atom. The van der Waals surface area contributed by atoms with Crippen LogP contribution < -0.4 is 19.9 Å². The first-order valence-corrected chi connectivity index (χ1v) is 10.8. The molecule has 0 atom stereocenters. The molecule has 3 rings (SSSR count). The minimum Gasteiger partial charge on any atom is -0.493 e. The van der Waals surface area contributed by atoms with E-state index in [0.29, 0.717) is 23.7 Å². The van der Waals surface area contributed by atoms with Crippen molar-refractivity contribution in [3.05, 3.63) is 82.6 Å². The van der Waals surface area contributed by atoms with E-state index in [-0.39, 0.29) is 22.1 Å². The maximum Gasteiger partial charge on any atom is 0.238 e. The fraction of sp³-hybridized carbons (Fsp3) is 0.143. The zero-order chi connectivity index (χ0) is 21.7. The van der Waals surface area contributed by atoms with Crippen LogP contribution in [0, 0.1) is 5.82 Å². The van der Waals surface area contributed by atoms with Crippen LogP contribution in [0.3, 0.4) is 0 Å². The molecule has 0 bridgehead atoms. The van der Waals surface area contributed by atoms with Gasteiger partial charge in [-0.25, -0.2) is 17.9 Å². The van der Waals surface area contributed by atoms with Gasteiger partial charge in [0.25, 0.3) is 0 Å². The molecule has 0 aromatic heterocycles. The van der Waals surface area contributed by atoms with Crippen LogP contribution in [-0.2, 0) is 23.2 Å². The average molecular weight is 451 g/mol. The van der Waals surface area contributed by atoms with Gasteiger partial charge in [0.15, 0.2) is 11.5 Å². The fourth-order valence-electron chi connectivity index (χ4n) is 2.80. The van der Waals surface area contributed by atoms with E-state index in [2.05, 4.69) is 5.32 Å². The summed E-state index contributed by atoms with van der Waals surface area (Å²) in [5.41, 5.74) is 1.70. The van der Waals surface area contributed by atoms with Crippen molar-refractivity contribution in [2.24, 2.45) is 5.14 Å². The molecule has 0 radical (unpaired) electrons. The highest BCUT2D eigenvalue weighted by molar-refractivity contribution is 7.89. The second kappa shape index (κ2) is 9.34. The summed E-state index contributed by atoms with van der Waals surface area (Å²) in [6, 6.07) is 15.9. The van der Waals surface area contributed by atoms with Gasteiger partial charge in [-0.2, -0.15) is 0 Å². The van der Waals surface area contributed by atoms with Gasteiger partial charge >= 0.3 is 0 Å². The van der Waals surface area contributed by atoms with Crippen LogP contribution in [0.25, 0.3) is 0 Å². The van der Waals surface area contributed by atoms with Crippen LogP contribution in [0.4, 0.5) is 10.1 Å². The number of nitrogens with one attached hydrogen (secondary N) is 1. The molecule has 3 N–H and O–H groups in total. The molecule has 3 aromatic carbocycles. The zero-order valence-corrected chi connectivity index (χ0v) is 17.6. The average Bonchev–Trinajstić information content (AvgIpc) is 2.72. The number of rotatable bonds is 8. The molecule has 0 spiro atoms. The lowest BCUT2D eigenvalue weighted by Crippen LogP contribution is -2.12. The van der Waals surface area contributed by atoms with Gasteiger partial charge in [-0.15, -0.1) is 0 Å². The van der Waals surface area contributed by atoms with Crippen molar-refractivity contribution in [2.45, 2.75) is 18.0 Å². The van der Waals surface area contributed by atoms with Crippen LogP contribution >= 0.6 is 11.6 Å². The summed E-state index contributed by atoms with van der Waals surface area (Å²) in [5.74, 6) is 0.492. The number of benzene rings is 3. The third kappa shape index (κ3) is 5.21. The lowest BCUT2D eigenvalue weighted by molar-refractivity contribution is 0.277. The molecule has 9 heteroatoms. The predicted octanol–water partition coefficient (Wildman–Crippen LogP) is 4.33. The summed E-state index contributed by atoms with van der Waals surface area (Å²) in [7, 11) is -2.23. The minimum atomic E-state index is -3.75. The van der Waals surface area contributed by atoms with Crippen LogP contribution in [0.5, 0.6) is 11.5 Å². The topological polar surface area (TPSA) is 90.6 Å². The number of halogens is 2. The lowest BCUT2D eigenvalue weighted by atomic mass is 10.1. The number of anilines is 1. The second-order valence-electron chi connectivity index (χ2n) is 6.36. The molecule has 0 heterocycles. The molecular weight excluding hydrogens is 431 g/mol. The molecule has 158 valence electrons. The second-order valence-corrected chi connectivity index (χ2v) is 8.33. The maximum absolute atomic E-state index is 14.1. The zero-order valence-electron chi connectivity index (χ0n) is 16.1. The lowest BCUT2D eigenvalue weighted by Gasteiger charge is -2.17. The fourth-order valence-corrected chi connectivity index (χ4v) is 3.53. The Morgan fingerprint density at radius 2 is 1.77 bits per heavy atom. The summed E-state index contributed by atoms with van der Waals surface area (Å²) < 4.78 is 48.0. The van der Waals surface area contributed by atoms with E-state index in [1.54, 1.807) is 24.3 Å². The number of methoxy groups -OCH3 is 1. The molecule has 0 saturated carbocycles. The van der Waals surface area contributed by atoms with Crippen molar-refractivity contribution in [1.82, 2.24) is 0 Å². The number of sulfonamides is 1. The number of hydrogen-bond acceptors (Lipinski definition) is 5. The van der Waals surface area contributed by atoms with Crippen LogP contribution in [-0.4, -0.2) is 15.5 Å². The van der Waals surface area contributed by atoms with Gasteiger partial charge in [-0.05, 0) is 42.5 Å². The quantitative estimate of drug-likeness (QED) is 0.533. The van der Waals surface area contributed by atoms with Crippen LogP contribution in [0.15, 0.2) is 65.6 Å². The normalized spacial score (nSPS) is 11.2. The molecule has 0 saturated heterocycles. The Bertz CT molecular complexity index is 1120. The van der Waals surface area contributed by atoms with E-state index in [1.807, 2.05) is 12.1 Å². The van der Waals surface area contributed by atoms with Gasteiger partial charge in [-0.1, -0.05) is 29.8 Å². The van der Waals surface area contributed by atoms with E-state index in [9.17, 15) is 12.8 Å². The number of hydrogen-bond donors (Lipinski definition) is 2. The van der Waals surface area contributed by atoms with Gasteiger partial charge in [0.2, 0.25) is 10.0 Å². The Kier molecular flexibility index (Phi) is 6.81. The van der Waals surface area contributed by atoms with Gasteiger partial charge in [0, 0.05) is 23.4 Å². The van der Waals surface area contributed by atoms with Crippen molar-refractivity contribution >= 4 is 27.3 Å². The third-order valence-electron chi connectivity index (χ3n) is 4.37. The standard InChI is InChI=1S/C21H20ClFN2O4S/c1-28-20-7-2-4-14(12-25-15-8-10-16(11-9-15)30(24,26)27)21(20)29-13-17-18(22)5-3-6-19(17)23/h2-11,25H,12-13H2,1H3,(H2,24,26,27). The largest absolute Gasteiger partial charge is 0.493 e. The number of ether oxygens (including phenoxy) is 2. The highest BCUT2D eigenvalue weighted by atomic mass is 35.5. The number of primary sulfonamides is 1. The van der Waals surface area contributed by atoms with E-state index >= 15 is 0 Å². The number of para-hydroxylation sites is 1. The highest BCUT2D eigenvalue weighted by Crippen LogP contribution is 2.33. The summed E-state index contributed by atoms with van der Waals surface area (Å²) >= 11 is 6.08. The molecule has 0 unspecified atom stereocenters. The smallest absolute Gasteiger partial charge is 0.238 e. The summed E-state index contributed by atoms with van der Waals surface area (Å²) in [6.07, 6.45) is 0. The van der Waals surface area contributed by atoms with Crippen molar-refractivity contribution in [3.63, 3.8) is 0 Å². The van der Waals surface area contributed by atoms with E-state index in [0.717, 1.165) is 5.56 Å². The monoisotopic (exact) mass is 450 g/mol. The molecule has 0 aliphatic heterocycles. The molecule has 0 amide bonds. The van der Waals surface area contributed by atoms with Crippen molar-refractivity contribution in [3.8, 4) is 11.5 Å². The minimum absolute atomic E-state index is 0.0280. The first-order valence-electron chi connectivity index (χ1n) is 8.88. The van der Waals surface area contributed by atoms with Gasteiger partial charge in [-0.3, -0.25) is 0 Å². The summed E-state index contributed by atoms with van der Waals surface area (Å²) in [6.45, 7) is 0.286. The Morgan fingerprint density at radius 1 is 1.07 bits per heavy atom. The Hall–Kier alpha value is -2.81. The SMILES string of the molecule is COc1cccc(CNc2ccc(S(N)(=O)=O)cc2)c1OCc1c(F)cccc1Cl. The Labute approximate surface area is 179 Å². The maximum atomic E-state index is 14.1. The van der Waals surface area contributed by atoms with E-state index < -0.39 is 15.8 Å². The van der Waals surface area contributed by atoms with Gasteiger partial charge in [0.05, 0.1) is 17.0 Å². The van der Waals surface area contributed by atoms with Crippen molar-refractivity contribution < 1.29 is 22.3 Å². The first kappa shape index (κ1) is 21.9. The van der Waals surface area contributed by atoms with Crippen LogP contribution in [0.1, 0.15) is 11.1 Å². The van der Waals surface area contributed by atoms with Gasteiger partial charge < -0.3 is 14.8 Å². The molecule has 0 aliphatic carbocycles. The summed E-state index contributed by atoms with van der Waals surface area (Å²) in [4.78, 5) is 0.0280. The molecule has 3 aromatic rings. The van der Waals surface area contributed by atoms with E-state index in [1.165, 1.54) is 31.4 Å². The van der Waals surface area contributed by atoms with Gasteiger partial charge in [0.1, 0.15) is 12.4 Å². The molecule has 30 heavy (non-hydrogen) atoms. The third-order valence-corrected chi connectivity index (χ3v) is 5.65.